The number of ketones is 1. The summed E-state index contributed by atoms with van der Waals surface area (Å²) in [6.07, 6.45) is 12.3. The van der Waals surface area contributed by atoms with E-state index in [2.05, 4.69) is 33.8 Å². The fraction of sp³-hybridized carbons (Fsp3) is 0.840. The summed E-state index contributed by atoms with van der Waals surface area (Å²) in [5.41, 5.74) is 1.73. The van der Waals surface area contributed by atoms with Crippen LogP contribution in [0.25, 0.3) is 0 Å². The monoisotopic (exact) mass is 386 g/mol. The third-order valence-corrected chi connectivity index (χ3v) is 8.99. The molecule has 0 saturated heterocycles. The van der Waals surface area contributed by atoms with E-state index in [1.807, 2.05) is 0 Å². The first-order valence-electron chi connectivity index (χ1n) is 11.7. The predicted molar refractivity (Wildman–Crippen MR) is 111 cm³/mol. The van der Waals surface area contributed by atoms with Gasteiger partial charge in [0, 0.05) is 24.7 Å². The third kappa shape index (κ3) is 3.27. The van der Waals surface area contributed by atoms with Gasteiger partial charge in [0.05, 0.1) is 0 Å². The number of fused-ring (bicyclic) bond motifs is 5. The predicted octanol–water partition coefficient (Wildman–Crippen LogP) is 5.87. The van der Waals surface area contributed by atoms with Gasteiger partial charge in [0.1, 0.15) is 11.9 Å². The average Bonchev–Trinajstić information content (AvgIpc) is 2.95. The Labute approximate surface area is 170 Å². The normalized spacial score (nSPS) is 42.5. The molecule has 0 radical (unpaired) electrons. The molecule has 0 aromatic carbocycles. The second kappa shape index (κ2) is 7.29. The number of ether oxygens (including phenoxy) is 1. The molecule has 0 aromatic rings. The molecule has 3 fully saturated rings. The van der Waals surface area contributed by atoms with Gasteiger partial charge >= 0.3 is 5.97 Å². The SMILES string of the molecule is CC(C)CCC(=O)OC1CCC2(C)C(=CCC3C4CCC(=O)C4(C)CCC32)C1. The van der Waals surface area contributed by atoms with Crippen LogP contribution in [0.1, 0.15) is 91.9 Å². The Morgan fingerprint density at radius 1 is 1.14 bits per heavy atom. The number of carbonyl (C=O) groups excluding carboxylic acids is 2. The average molecular weight is 387 g/mol. The molecule has 4 rings (SSSR count). The number of rotatable bonds is 4. The summed E-state index contributed by atoms with van der Waals surface area (Å²) in [5.74, 6) is 3.00. The van der Waals surface area contributed by atoms with E-state index in [9.17, 15) is 9.59 Å². The van der Waals surface area contributed by atoms with Crippen molar-refractivity contribution in [3.05, 3.63) is 11.6 Å². The van der Waals surface area contributed by atoms with Crippen molar-refractivity contribution in [2.45, 2.75) is 98.0 Å². The summed E-state index contributed by atoms with van der Waals surface area (Å²) in [5, 5.41) is 0. The second-order valence-corrected chi connectivity index (χ2v) is 11.0. The molecule has 0 aromatic heterocycles. The highest BCUT2D eigenvalue weighted by Gasteiger charge is 2.58. The van der Waals surface area contributed by atoms with Gasteiger partial charge < -0.3 is 4.74 Å². The van der Waals surface area contributed by atoms with E-state index in [1.165, 1.54) is 12.0 Å². The Morgan fingerprint density at radius 2 is 1.86 bits per heavy atom. The van der Waals surface area contributed by atoms with Crippen molar-refractivity contribution in [2.75, 3.05) is 0 Å². The highest BCUT2D eigenvalue weighted by molar-refractivity contribution is 5.87. The Kier molecular flexibility index (Phi) is 5.25. The highest BCUT2D eigenvalue weighted by Crippen LogP contribution is 2.64. The molecule has 156 valence electrons. The van der Waals surface area contributed by atoms with Gasteiger partial charge in [-0.2, -0.15) is 0 Å². The summed E-state index contributed by atoms with van der Waals surface area (Å²) in [6.45, 7) is 9.01. The van der Waals surface area contributed by atoms with Crippen molar-refractivity contribution in [3.8, 4) is 0 Å². The van der Waals surface area contributed by atoms with Crippen LogP contribution in [0.2, 0.25) is 0 Å². The first-order chi connectivity index (χ1) is 13.2. The van der Waals surface area contributed by atoms with Crippen molar-refractivity contribution >= 4 is 11.8 Å². The molecule has 4 aliphatic rings. The van der Waals surface area contributed by atoms with Crippen LogP contribution in [0.15, 0.2) is 11.6 Å². The van der Waals surface area contributed by atoms with E-state index in [4.69, 9.17) is 4.74 Å². The van der Waals surface area contributed by atoms with Crippen LogP contribution in [0.5, 0.6) is 0 Å². The van der Waals surface area contributed by atoms with Gasteiger partial charge in [-0.1, -0.05) is 39.3 Å². The molecule has 0 spiro atoms. The van der Waals surface area contributed by atoms with E-state index < -0.39 is 0 Å². The number of hydrogen-bond acceptors (Lipinski definition) is 3. The molecular formula is C25H38O3. The van der Waals surface area contributed by atoms with Gasteiger partial charge in [-0.3, -0.25) is 9.59 Å². The molecule has 0 aliphatic heterocycles. The van der Waals surface area contributed by atoms with Crippen molar-refractivity contribution < 1.29 is 14.3 Å². The van der Waals surface area contributed by atoms with E-state index >= 15 is 0 Å². The molecule has 28 heavy (non-hydrogen) atoms. The zero-order valence-electron chi connectivity index (χ0n) is 18.3. The van der Waals surface area contributed by atoms with Crippen LogP contribution in [-0.2, 0) is 14.3 Å². The lowest BCUT2D eigenvalue weighted by Gasteiger charge is -2.56. The zero-order chi connectivity index (χ0) is 20.1. The summed E-state index contributed by atoms with van der Waals surface area (Å²) >= 11 is 0. The maximum absolute atomic E-state index is 12.5. The van der Waals surface area contributed by atoms with E-state index in [0.29, 0.717) is 35.9 Å². The van der Waals surface area contributed by atoms with Crippen molar-refractivity contribution in [3.63, 3.8) is 0 Å². The number of hydrogen-bond donors (Lipinski definition) is 0. The maximum atomic E-state index is 12.5. The molecule has 6 atom stereocenters. The van der Waals surface area contributed by atoms with Crippen LogP contribution in [0.3, 0.4) is 0 Å². The number of allylic oxidation sites excluding steroid dienone is 1. The lowest BCUT2D eigenvalue weighted by atomic mass is 9.48. The maximum Gasteiger partial charge on any atom is 0.306 e. The summed E-state index contributed by atoms with van der Waals surface area (Å²) in [6, 6.07) is 0. The Morgan fingerprint density at radius 3 is 2.61 bits per heavy atom. The largest absolute Gasteiger partial charge is 0.462 e. The van der Waals surface area contributed by atoms with Crippen LogP contribution < -0.4 is 0 Å². The molecule has 0 amide bonds. The fourth-order valence-electron chi connectivity index (χ4n) is 7.15. The first kappa shape index (κ1) is 20.2. The number of Topliss-reactive ketones (excluding diaryl/α,β-unsaturated/α-hetero) is 1. The standard InChI is InChI=1S/C25H38O3/c1-16(2)5-10-23(27)28-18-11-13-24(3)17(15-18)6-7-19-20-8-9-22(26)25(20,4)14-12-21(19)24/h6,16,18-21H,5,7-15H2,1-4H3. The minimum Gasteiger partial charge on any atom is -0.462 e. The quantitative estimate of drug-likeness (QED) is 0.448. The number of esters is 1. The zero-order valence-corrected chi connectivity index (χ0v) is 18.3. The molecule has 3 nitrogen and oxygen atoms in total. The first-order valence-corrected chi connectivity index (χ1v) is 11.7. The van der Waals surface area contributed by atoms with Gasteiger partial charge in [-0.15, -0.1) is 0 Å². The Hall–Kier alpha value is -1.12. The van der Waals surface area contributed by atoms with Crippen molar-refractivity contribution in [1.29, 1.82) is 0 Å². The summed E-state index contributed by atoms with van der Waals surface area (Å²) in [7, 11) is 0. The van der Waals surface area contributed by atoms with Gasteiger partial charge in [0.25, 0.3) is 0 Å². The lowest BCUT2D eigenvalue weighted by molar-refractivity contribution is -0.151. The van der Waals surface area contributed by atoms with E-state index in [1.54, 1.807) is 0 Å². The highest BCUT2D eigenvalue weighted by atomic mass is 16.5. The number of carbonyl (C=O) groups is 2. The molecule has 0 N–H and O–H groups in total. The molecule has 0 bridgehead atoms. The molecule has 4 aliphatic carbocycles. The van der Waals surface area contributed by atoms with Gasteiger partial charge in [0.2, 0.25) is 0 Å². The van der Waals surface area contributed by atoms with E-state index in [-0.39, 0.29) is 22.9 Å². The molecular weight excluding hydrogens is 348 g/mol. The lowest BCUT2D eigenvalue weighted by Crippen LogP contribution is -2.50. The van der Waals surface area contributed by atoms with Crippen LogP contribution in [-0.4, -0.2) is 17.9 Å². The summed E-state index contributed by atoms with van der Waals surface area (Å²) < 4.78 is 5.85. The van der Waals surface area contributed by atoms with Crippen LogP contribution in [0, 0.1) is 34.5 Å². The Bertz CT molecular complexity index is 677. The second-order valence-electron chi connectivity index (χ2n) is 11.0. The van der Waals surface area contributed by atoms with Gasteiger partial charge in [-0.05, 0) is 74.0 Å². The van der Waals surface area contributed by atoms with Gasteiger partial charge in [0.15, 0.2) is 0 Å². The Balaban J connectivity index is 1.45. The fourth-order valence-corrected chi connectivity index (χ4v) is 7.15. The van der Waals surface area contributed by atoms with E-state index in [0.717, 1.165) is 51.4 Å². The summed E-state index contributed by atoms with van der Waals surface area (Å²) in [4.78, 5) is 24.7. The van der Waals surface area contributed by atoms with Crippen LogP contribution >= 0.6 is 0 Å². The molecule has 6 unspecified atom stereocenters. The molecule has 3 saturated carbocycles. The topological polar surface area (TPSA) is 43.4 Å². The minimum atomic E-state index is -0.0496. The smallest absolute Gasteiger partial charge is 0.306 e. The minimum absolute atomic E-state index is 0.0190. The van der Waals surface area contributed by atoms with Crippen molar-refractivity contribution in [2.24, 2.45) is 34.5 Å². The van der Waals surface area contributed by atoms with Crippen molar-refractivity contribution in [1.82, 2.24) is 0 Å². The van der Waals surface area contributed by atoms with Gasteiger partial charge in [-0.25, -0.2) is 0 Å². The molecule has 3 heteroatoms. The third-order valence-electron chi connectivity index (χ3n) is 8.99. The van der Waals surface area contributed by atoms with Crippen LogP contribution in [0.4, 0.5) is 0 Å². The molecule has 0 heterocycles.